The number of carboxylic acids is 1. The molecule has 0 aliphatic carbocycles. The van der Waals surface area contributed by atoms with Crippen molar-refractivity contribution in [3.05, 3.63) is 23.8 Å². The van der Waals surface area contributed by atoms with Crippen molar-refractivity contribution in [2.45, 2.75) is 32.0 Å². The Morgan fingerprint density at radius 2 is 2.14 bits per heavy atom. The lowest BCUT2D eigenvalue weighted by Gasteiger charge is -2.09. The van der Waals surface area contributed by atoms with Crippen LogP contribution in [-0.2, 0) is 14.3 Å². The van der Waals surface area contributed by atoms with Crippen molar-refractivity contribution in [1.29, 1.82) is 0 Å². The fourth-order valence-electron chi connectivity index (χ4n) is 2.28. The number of aliphatic carboxylic acids is 1. The molecule has 1 aliphatic heterocycles. The van der Waals surface area contributed by atoms with E-state index in [0.29, 0.717) is 18.0 Å². The molecule has 0 radical (unpaired) electrons. The summed E-state index contributed by atoms with van der Waals surface area (Å²) in [6, 6.07) is 5.88. The van der Waals surface area contributed by atoms with Crippen molar-refractivity contribution < 1.29 is 19.4 Å². The summed E-state index contributed by atoms with van der Waals surface area (Å²) in [6.07, 6.45) is -0.849. The van der Waals surface area contributed by atoms with E-state index in [0.717, 1.165) is 15.8 Å². The van der Waals surface area contributed by atoms with Crippen LogP contribution in [0.2, 0.25) is 0 Å². The highest BCUT2D eigenvalue weighted by Crippen LogP contribution is 2.28. The van der Waals surface area contributed by atoms with Crippen LogP contribution in [0.5, 0.6) is 0 Å². The number of nitrogens with zero attached hydrogens (tertiary/aromatic N) is 1. The number of nitrogens with one attached hydrogen (secondary N) is 1. The van der Waals surface area contributed by atoms with Crippen molar-refractivity contribution in [3.63, 3.8) is 0 Å². The number of anilines is 1. The van der Waals surface area contributed by atoms with Crippen molar-refractivity contribution in [1.82, 2.24) is 4.98 Å². The van der Waals surface area contributed by atoms with Crippen LogP contribution in [0.15, 0.2) is 18.2 Å². The minimum atomic E-state index is -1.03. The molecular weight excluding hydrogens is 292 g/mol. The van der Waals surface area contributed by atoms with Gasteiger partial charge in [0.1, 0.15) is 6.10 Å². The summed E-state index contributed by atoms with van der Waals surface area (Å²) in [5.41, 5.74) is 1.96. The zero-order valence-electron chi connectivity index (χ0n) is 11.3. The number of benzene rings is 1. The quantitative estimate of drug-likeness (QED) is 0.907. The largest absolute Gasteiger partial charge is 0.479 e. The lowest BCUT2D eigenvalue weighted by Crippen LogP contribution is -2.29. The molecule has 0 bridgehead atoms. The number of thiazole rings is 1. The molecule has 2 unspecified atom stereocenters. The van der Waals surface area contributed by atoms with Crippen LogP contribution >= 0.6 is 11.3 Å². The fourth-order valence-corrected chi connectivity index (χ4v) is 3.25. The second-order valence-electron chi connectivity index (χ2n) is 5.01. The lowest BCUT2D eigenvalue weighted by atomic mass is 10.2. The summed E-state index contributed by atoms with van der Waals surface area (Å²) in [5, 5.41) is 12.1. The third-order valence-electron chi connectivity index (χ3n) is 3.36. The zero-order chi connectivity index (χ0) is 15.0. The maximum absolute atomic E-state index is 12.1. The van der Waals surface area contributed by atoms with Crippen LogP contribution < -0.4 is 5.32 Å². The van der Waals surface area contributed by atoms with Gasteiger partial charge < -0.3 is 9.84 Å². The lowest BCUT2D eigenvalue weighted by molar-refractivity contribution is -0.150. The van der Waals surface area contributed by atoms with Gasteiger partial charge in [0.25, 0.3) is 5.91 Å². The van der Waals surface area contributed by atoms with E-state index in [4.69, 9.17) is 9.84 Å². The number of aryl methyl sites for hydroxylation is 1. The number of aromatic nitrogens is 1. The molecule has 7 heteroatoms. The molecule has 2 N–H and O–H groups in total. The van der Waals surface area contributed by atoms with E-state index in [1.807, 2.05) is 25.1 Å². The van der Waals surface area contributed by atoms with Gasteiger partial charge in [-0.2, -0.15) is 0 Å². The number of ether oxygens (including phenoxy) is 1. The number of hydrogen-bond acceptors (Lipinski definition) is 5. The normalized spacial score (nSPS) is 21.6. The molecule has 1 saturated heterocycles. The maximum Gasteiger partial charge on any atom is 0.332 e. The molecule has 2 heterocycles. The SMILES string of the molecule is Cc1ccc2nc(NC(=O)C3CCC(C(=O)O)O3)sc2c1. The minimum Gasteiger partial charge on any atom is -0.479 e. The summed E-state index contributed by atoms with van der Waals surface area (Å²) in [5.74, 6) is -1.37. The summed E-state index contributed by atoms with van der Waals surface area (Å²) in [7, 11) is 0. The van der Waals surface area contributed by atoms with Crippen molar-refractivity contribution in [3.8, 4) is 0 Å². The highest BCUT2D eigenvalue weighted by Gasteiger charge is 2.34. The summed E-state index contributed by atoms with van der Waals surface area (Å²) in [6.45, 7) is 2.00. The van der Waals surface area contributed by atoms with E-state index in [2.05, 4.69) is 10.3 Å². The highest BCUT2D eigenvalue weighted by molar-refractivity contribution is 7.22. The van der Waals surface area contributed by atoms with Gasteiger partial charge in [-0.05, 0) is 37.5 Å². The monoisotopic (exact) mass is 306 g/mol. The maximum atomic E-state index is 12.1. The minimum absolute atomic E-state index is 0.338. The fraction of sp³-hybridized carbons (Fsp3) is 0.357. The number of carboxylic acid groups (broad SMARTS) is 1. The molecule has 21 heavy (non-hydrogen) atoms. The van der Waals surface area contributed by atoms with Crippen molar-refractivity contribution in [2.24, 2.45) is 0 Å². The van der Waals surface area contributed by atoms with Gasteiger partial charge in [0.15, 0.2) is 11.2 Å². The van der Waals surface area contributed by atoms with Crippen molar-refractivity contribution >= 4 is 38.6 Å². The third-order valence-corrected chi connectivity index (χ3v) is 4.30. The summed E-state index contributed by atoms with van der Waals surface area (Å²) in [4.78, 5) is 27.2. The van der Waals surface area contributed by atoms with Gasteiger partial charge in [0.05, 0.1) is 10.2 Å². The van der Waals surface area contributed by atoms with Crippen LogP contribution in [0.4, 0.5) is 5.13 Å². The van der Waals surface area contributed by atoms with E-state index in [1.165, 1.54) is 11.3 Å². The van der Waals surface area contributed by atoms with E-state index in [9.17, 15) is 9.59 Å². The molecule has 6 nitrogen and oxygen atoms in total. The van der Waals surface area contributed by atoms with E-state index in [-0.39, 0.29) is 5.91 Å². The van der Waals surface area contributed by atoms with Crippen LogP contribution in [0, 0.1) is 6.92 Å². The second-order valence-corrected chi connectivity index (χ2v) is 6.04. The van der Waals surface area contributed by atoms with Gasteiger partial charge in [0.2, 0.25) is 0 Å². The molecule has 1 aromatic heterocycles. The standard InChI is InChI=1S/C14H14N2O4S/c1-7-2-3-8-11(6-7)21-14(15-8)16-12(17)9-4-5-10(20-9)13(18)19/h2-3,6,9-10H,4-5H2,1H3,(H,18,19)(H,15,16,17). The van der Waals surface area contributed by atoms with Crippen LogP contribution in [0.3, 0.4) is 0 Å². The smallest absolute Gasteiger partial charge is 0.332 e. The van der Waals surface area contributed by atoms with Crippen LogP contribution in [-0.4, -0.2) is 34.2 Å². The molecule has 1 amide bonds. The summed E-state index contributed by atoms with van der Waals surface area (Å²) >= 11 is 1.39. The Bertz CT molecular complexity index is 712. The first-order valence-electron chi connectivity index (χ1n) is 6.59. The number of hydrogen-bond donors (Lipinski definition) is 2. The molecule has 3 rings (SSSR count). The predicted molar refractivity (Wildman–Crippen MR) is 78.5 cm³/mol. The molecule has 1 aliphatic rings. The van der Waals surface area contributed by atoms with Crippen LogP contribution in [0.1, 0.15) is 18.4 Å². The van der Waals surface area contributed by atoms with Gasteiger partial charge in [-0.3, -0.25) is 10.1 Å². The van der Waals surface area contributed by atoms with Gasteiger partial charge in [-0.1, -0.05) is 17.4 Å². The first-order valence-corrected chi connectivity index (χ1v) is 7.41. The number of amides is 1. The summed E-state index contributed by atoms with van der Waals surface area (Å²) < 4.78 is 6.22. The van der Waals surface area contributed by atoms with Gasteiger partial charge in [-0.25, -0.2) is 9.78 Å². The number of carbonyl (C=O) groups is 2. The second kappa shape index (κ2) is 5.42. The van der Waals surface area contributed by atoms with E-state index in [1.54, 1.807) is 0 Å². The molecule has 2 aromatic rings. The number of fused-ring (bicyclic) bond motifs is 1. The van der Waals surface area contributed by atoms with Crippen molar-refractivity contribution in [2.75, 3.05) is 5.32 Å². The highest BCUT2D eigenvalue weighted by atomic mass is 32.1. The molecule has 0 spiro atoms. The first kappa shape index (κ1) is 14.0. The molecule has 1 aromatic carbocycles. The zero-order valence-corrected chi connectivity index (χ0v) is 12.1. The molecule has 110 valence electrons. The Balaban J connectivity index is 1.70. The Morgan fingerprint density at radius 1 is 1.38 bits per heavy atom. The van der Waals surface area contributed by atoms with E-state index >= 15 is 0 Å². The molecule has 2 atom stereocenters. The third kappa shape index (κ3) is 2.88. The molecule has 0 saturated carbocycles. The van der Waals surface area contributed by atoms with E-state index < -0.39 is 18.2 Å². The van der Waals surface area contributed by atoms with Crippen LogP contribution in [0.25, 0.3) is 10.2 Å². The Kier molecular flexibility index (Phi) is 3.60. The number of rotatable bonds is 3. The average Bonchev–Trinajstić information content (AvgIpc) is 3.03. The molecular formula is C14H14N2O4S. The Morgan fingerprint density at radius 3 is 2.86 bits per heavy atom. The van der Waals surface area contributed by atoms with Gasteiger partial charge in [0, 0.05) is 0 Å². The Hall–Kier alpha value is -1.99. The molecule has 1 fully saturated rings. The van der Waals surface area contributed by atoms with Gasteiger partial charge >= 0.3 is 5.97 Å². The topological polar surface area (TPSA) is 88.5 Å². The number of carbonyl (C=O) groups excluding carboxylic acids is 1. The first-order chi connectivity index (χ1) is 10.0. The average molecular weight is 306 g/mol. The predicted octanol–water partition coefficient (Wildman–Crippen LogP) is 2.18. The van der Waals surface area contributed by atoms with Gasteiger partial charge in [-0.15, -0.1) is 0 Å². The Labute approximate surface area is 124 Å².